The average molecular weight is 378 g/mol. The van der Waals surface area contributed by atoms with Crippen LogP contribution in [0.25, 0.3) is 11.3 Å². The number of benzene rings is 2. The molecule has 1 amide bonds. The van der Waals surface area contributed by atoms with Gasteiger partial charge in [0.15, 0.2) is 0 Å². The lowest BCUT2D eigenvalue weighted by Gasteiger charge is -2.34. The number of aromatic amines is 1. The fourth-order valence-corrected chi connectivity index (χ4v) is 3.55. The molecule has 0 bridgehead atoms. The van der Waals surface area contributed by atoms with Gasteiger partial charge in [0.05, 0.1) is 5.69 Å². The van der Waals surface area contributed by atoms with Crippen molar-refractivity contribution in [2.45, 2.75) is 13.5 Å². The summed E-state index contributed by atoms with van der Waals surface area (Å²) in [6.45, 7) is 6.08. The van der Waals surface area contributed by atoms with Gasteiger partial charge in [0, 0.05) is 38.3 Å². The summed E-state index contributed by atoms with van der Waals surface area (Å²) < 4.78 is 13.1. The number of nitrogens with zero attached hydrogens (tertiary/aromatic N) is 3. The van der Waals surface area contributed by atoms with Crippen LogP contribution in [0, 0.1) is 12.7 Å². The molecule has 1 aliphatic heterocycles. The molecule has 0 saturated carbocycles. The standard InChI is InChI=1S/C22H23FN4O/c1-16-3-2-4-17(13-16)15-26-9-11-27(12-10-26)22(28)21-14-20(24-25-21)18-5-7-19(23)8-6-18/h2-8,13-14H,9-12,15H2,1H3,(H,24,25). The van der Waals surface area contributed by atoms with E-state index in [0.29, 0.717) is 24.5 Å². The van der Waals surface area contributed by atoms with Gasteiger partial charge in [0.25, 0.3) is 5.91 Å². The minimum Gasteiger partial charge on any atom is -0.335 e. The summed E-state index contributed by atoms with van der Waals surface area (Å²) in [4.78, 5) is 17.0. The largest absolute Gasteiger partial charge is 0.335 e. The first-order valence-corrected chi connectivity index (χ1v) is 9.47. The number of piperazine rings is 1. The van der Waals surface area contributed by atoms with Crippen LogP contribution in [0.15, 0.2) is 54.6 Å². The number of carbonyl (C=O) groups is 1. The van der Waals surface area contributed by atoms with E-state index in [2.05, 4.69) is 46.3 Å². The molecule has 1 aromatic heterocycles. The molecule has 0 radical (unpaired) electrons. The zero-order chi connectivity index (χ0) is 19.5. The third-order valence-corrected chi connectivity index (χ3v) is 5.10. The van der Waals surface area contributed by atoms with E-state index in [-0.39, 0.29) is 11.7 Å². The number of aryl methyl sites for hydroxylation is 1. The molecule has 2 aromatic carbocycles. The van der Waals surface area contributed by atoms with Gasteiger partial charge < -0.3 is 4.90 Å². The summed E-state index contributed by atoms with van der Waals surface area (Å²) in [5.41, 5.74) is 4.45. The van der Waals surface area contributed by atoms with E-state index >= 15 is 0 Å². The Morgan fingerprint density at radius 3 is 2.54 bits per heavy atom. The van der Waals surface area contributed by atoms with Crippen LogP contribution in [0.5, 0.6) is 0 Å². The van der Waals surface area contributed by atoms with Crippen LogP contribution < -0.4 is 0 Å². The second-order valence-electron chi connectivity index (χ2n) is 7.23. The maximum absolute atomic E-state index is 13.1. The molecular formula is C22H23FN4O. The smallest absolute Gasteiger partial charge is 0.271 e. The summed E-state index contributed by atoms with van der Waals surface area (Å²) in [6, 6.07) is 16.4. The van der Waals surface area contributed by atoms with Crippen molar-refractivity contribution in [2.24, 2.45) is 0 Å². The molecule has 0 atom stereocenters. The minimum absolute atomic E-state index is 0.0453. The third-order valence-electron chi connectivity index (χ3n) is 5.10. The maximum atomic E-state index is 13.1. The van der Waals surface area contributed by atoms with Gasteiger partial charge >= 0.3 is 0 Å². The molecule has 0 unspecified atom stereocenters. The highest BCUT2D eigenvalue weighted by molar-refractivity contribution is 5.93. The lowest BCUT2D eigenvalue weighted by Crippen LogP contribution is -2.48. The first kappa shape index (κ1) is 18.4. The topological polar surface area (TPSA) is 52.2 Å². The van der Waals surface area contributed by atoms with Gasteiger partial charge in [-0.1, -0.05) is 29.8 Å². The number of nitrogens with one attached hydrogen (secondary N) is 1. The highest BCUT2D eigenvalue weighted by Crippen LogP contribution is 2.19. The molecule has 4 rings (SSSR count). The highest BCUT2D eigenvalue weighted by Gasteiger charge is 2.23. The number of H-pyrrole nitrogens is 1. The van der Waals surface area contributed by atoms with Crippen LogP contribution in [-0.4, -0.2) is 52.1 Å². The van der Waals surface area contributed by atoms with Crippen molar-refractivity contribution in [1.29, 1.82) is 0 Å². The average Bonchev–Trinajstić information content (AvgIpc) is 3.19. The van der Waals surface area contributed by atoms with Crippen molar-refractivity contribution in [3.63, 3.8) is 0 Å². The van der Waals surface area contributed by atoms with Crippen molar-refractivity contribution in [1.82, 2.24) is 20.0 Å². The molecule has 1 N–H and O–H groups in total. The first-order valence-electron chi connectivity index (χ1n) is 9.47. The summed E-state index contributed by atoms with van der Waals surface area (Å²) in [6.07, 6.45) is 0. The quantitative estimate of drug-likeness (QED) is 0.756. The molecule has 1 fully saturated rings. The zero-order valence-electron chi connectivity index (χ0n) is 15.9. The molecule has 5 nitrogen and oxygen atoms in total. The summed E-state index contributed by atoms with van der Waals surface area (Å²) in [7, 11) is 0. The van der Waals surface area contributed by atoms with Crippen molar-refractivity contribution in [2.75, 3.05) is 26.2 Å². The Labute approximate surface area is 163 Å². The highest BCUT2D eigenvalue weighted by atomic mass is 19.1. The predicted molar refractivity (Wildman–Crippen MR) is 106 cm³/mol. The molecule has 144 valence electrons. The van der Waals surface area contributed by atoms with E-state index in [4.69, 9.17) is 0 Å². The third kappa shape index (κ3) is 4.12. The van der Waals surface area contributed by atoms with Crippen molar-refractivity contribution < 1.29 is 9.18 Å². The predicted octanol–water partition coefficient (Wildman–Crippen LogP) is 3.48. The summed E-state index contributed by atoms with van der Waals surface area (Å²) >= 11 is 0. The van der Waals surface area contributed by atoms with Crippen molar-refractivity contribution in [3.8, 4) is 11.3 Å². The van der Waals surface area contributed by atoms with E-state index in [1.165, 1.54) is 23.3 Å². The SMILES string of the molecule is Cc1cccc(CN2CCN(C(=O)c3cc(-c4ccc(F)cc4)n[nH]3)CC2)c1. The van der Waals surface area contributed by atoms with Gasteiger partial charge in [0.2, 0.25) is 0 Å². The summed E-state index contributed by atoms with van der Waals surface area (Å²) in [5, 5.41) is 7.03. The number of rotatable bonds is 4. The van der Waals surface area contributed by atoms with Gasteiger partial charge in [-0.3, -0.25) is 14.8 Å². The molecule has 1 saturated heterocycles. The Morgan fingerprint density at radius 2 is 1.82 bits per heavy atom. The van der Waals surface area contributed by atoms with Crippen LogP contribution >= 0.6 is 0 Å². The number of hydrogen-bond acceptors (Lipinski definition) is 3. The zero-order valence-corrected chi connectivity index (χ0v) is 15.9. The molecule has 28 heavy (non-hydrogen) atoms. The lowest BCUT2D eigenvalue weighted by atomic mass is 10.1. The van der Waals surface area contributed by atoms with Gasteiger partial charge in [0.1, 0.15) is 11.5 Å². The van der Waals surface area contributed by atoms with Crippen molar-refractivity contribution >= 4 is 5.91 Å². The number of hydrogen-bond donors (Lipinski definition) is 1. The van der Waals surface area contributed by atoms with E-state index in [1.54, 1.807) is 18.2 Å². The number of halogens is 1. The van der Waals surface area contributed by atoms with Crippen molar-refractivity contribution in [3.05, 3.63) is 77.2 Å². The molecule has 3 aromatic rings. The van der Waals surface area contributed by atoms with Crippen LogP contribution in [0.4, 0.5) is 4.39 Å². The van der Waals surface area contributed by atoms with E-state index < -0.39 is 0 Å². The van der Waals surface area contributed by atoms with Crippen LogP contribution in [0.2, 0.25) is 0 Å². The minimum atomic E-state index is -0.292. The van der Waals surface area contributed by atoms with Crippen LogP contribution in [0.1, 0.15) is 21.6 Å². The van der Waals surface area contributed by atoms with Crippen LogP contribution in [-0.2, 0) is 6.54 Å². The molecule has 6 heteroatoms. The first-order chi connectivity index (χ1) is 13.6. The molecule has 0 spiro atoms. The molecular weight excluding hydrogens is 355 g/mol. The Balaban J connectivity index is 1.36. The summed E-state index contributed by atoms with van der Waals surface area (Å²) in [5.74, 6) is -0.338. The van der Waals surface area contributed by atoms with E-state index in [1.807, 2.05) is 4.90 Å². The molecule has 2 heterocycles. The van der Waals surface area contributed by atoms with Gasteiger partial charge in [-0.25, -0.2) is 4.39 Å². The second kappa shape index (κ2) is 7.94. The maximum Gasteiger partial charge on any atom is 0.271 e. The monoisotopic (exact) mass is 378 g/mol. The molecule has 1 aliphatic rings. The van der Waals surface area contributed by atoms with Gasteiger partial charge in [-0.15, -0.1) is 0 Å². The Hall–Kier alpha value is -2.99. The lowest BCUT2D eigenvalue weighted by molar-refractivity contribution is 0.0622. The normalized spacial score (nSPS) is 15.0. The van der Waals surface area contributed by atoms with E-state index in [0.717, 1.165) is 25.2 Å². The van der Waals surface area contributed by atoms with E-state index in [9.17, 15) is 9.18 Å². The van der Waals surface area contributed by atoms with Crippen LogP contribution in [0.3, 0.4) is 0 Å². The second-order valence-corrected chi connectivity index (χ2v) is 7.23. The number of aromatic nitrogens is 2. The number of amides is 1. The fourth-order valence-electron chi connectivity index (χ4n) is 3.55. The Bertz CT molecular complexity index is 959. The Morgan fingerprint density at radius 1 is 1.07 bits per heavy atom. The Kier molecular flexibility index (Phi) is 5.21. The van der Waals surface area contributed by atoms with Gasteiger partial charge in [-0.2, -0.15) is 5.10 Å². The molecule has 0 aliphatic carbocycles. The number of carbonyl (C=O) groups excluding carboxylic acids is 1. The van der Waals surface area contributed by atoms with Gasteiger partial charge in [-0.05, 0) is 42.8 Å². The fraction of sp³-hybridized carbons (Fsp3) is 0.273.